The summed E-state index contributed by atoms with van der Waals surface area (Å²) in [6, 6.07) is 7.79. The molecule has 0 radical (unpaired) electrons. The number of fused-ring (bicyclic) bond motifs is 1. The number of thiazole rings is 1. The van der Waals surface area contributed by atoms with E-state index in [1.54, 1.807) is 6.92 Å². The molecule has 0 aliphatic rings. The summed E-state index contributed by atoms with van der Waals surface area (Å²) >= 11 is 2.88. The first-order chi connectivity index (χ1) is 12.1. The van der Waals surface area contributed by atoms with Gasteiger partial charge < -0.3 is 9.72 Å². The van der Waals surface area contributed by atoms with Crippen molar-refractivity contribution in [1.82, 2.24) is 15.0 Å². The van der Waals surface area contributed by atoms with Crippen LogP contribution in [-0.4, -0.2) is 27.2 Å². The predicted molar refractivity (Wildman–Crippen MR) is 99.1 cm³/mol. The molecular formula is C17H17N3O3S2. The third kappa shape index (κ3) is 4.26. The van der Waals surface area contributed by atoms with Gasteiger partial charge in [-0.15, -0.1) is 11.3 Å². The summed E-state index contributed by atoms with van der Waals surface area (Å²) < 4.78 is 6.34. The molecule has 25 heavy (non-hydrogen) atoms. The topological polar surface area (TPSA) is 84.9 Å². The van der Waals surface area contributed by atoms with Gasteiger partial charge in [0.15, 0.2) is 5.16 Å². The van der Waals surface area contributed by atoms with Crippen LogP contribution in [0, 0.1) is 6.92 Å². The molecule has 6 nitrogen and oxygen atoms in total. The van der Waals surface area contributed by atoms with E-state index in [0.29, 0.717) is 22.8 Å². The minimum atomic E-state index is -0.355. The second-order valence-corrected chi connectivity index (χ2v) is 7.29. The molecule has 0 aliphatic heterocycles. The molecular weight excluding hydrogens is 358 g/mol. The molecule has 0 bridgehead atoms. The fourth-order valence-electron chi connectivity index (χ4n) is 2.40. The van der Waals surface area contributed by atoms with Crippen LogP contribution >= 0.6 is 23.1 Å². The van der Waals surface area contributed by atoms with E-state index in [4.69, 9.17) is 4.74 Å². The van der Waals surface area contributed by atoms with Crippen molar-refractivity contribution in [2.24, 2.45) is 0 Å². The fraction of sp³-hybridized carbons (Fsp3) is 0.294. The van der Waals surface area contributed by atoms with E-state index in [9.17, 15) is 9.59 Å². The summed E-state index contributed by atoms with van der Waals surface area (Å²) in [5, 5.41) is 1.33. The first kappa shape index (κ1) is 17.6. The normalized spacial score (nSPS) is 11.0. The number of thioether (sulfide) groups is 1. The lowest BCUT2D eigenvalue weighted by atomic mass is 10.1. The second kappa shape index (κ2) is 7.79. The van der Waals surface area contributed by atoms with Crippen LogP contribution in [0.5, 0.6) is 0 Å². The number of nitrogens with one attached hydrogen (secondary N) is 1. The predicted octanol–water partition coefficient (Wildman–Crippen LogP) is 3.09. The molecule has 1 aromatic carbocycles. The van der Waals surface area contributed by atoms with Gasteiger partial charge >= 0.3 is 5.97 Å². The smallest absolute Gasteiger partial charge is 0.306 e. The molecule has 0 fully saturated rings. The molecule has 0 spiro atoms. The van der Waals surface area contributed by atoms with Crippen molar-refractivity contribution in [3.63, 3.8) is 0 Å². The summed E-state index contributed by atoms with van der Waals surface area (Å²) in [6.45, 7) is 1.92. The van der Waals surface area contributed by atoms with Crippen molar-refractivity contribution in [3.8, 4) is 0 Å². The third-order valence-electron chi connectivity index (χ3n) is 3.67. The Hall–Kier alpha value is -2.19. The molecule has 2 aromatic heterocycles. The Kier molecular flexibility index (Phi) is 5.50. The average Bonchev–Trinajstić information content (AvgIpc) is 3.02. The van der Waals surface area contributed by atoms with Crippen LogP contribution in [0.3, 0.4) is 0 Å². The van der Waals surface area contributed by atoms with Crippen molar-refractivity contribution in [2.75, 3.05) is 6.26 Å². The van der Waals surface area contributed by atoms with Crippen molar-refractivity contribution >= 4 is 39.3 Å². The molecule has 3 aromatic rings. The van der Waals surface area contributed by atoms with E-state index >= 15 is 0 Å². The maximum absolute atomic E-state index is 12.0. The van der Waals surface area contributed by atoms with E-state index in [0.717, 1.165) is 15.2 Å². The maximum atomic E-state index is 12.0. The van der Waals surface area contributed by atoms with Gasteiger partial charge in [-0.1, -0.05) is 23.9 Å². The van der Waals surface area contributed by atoms with Crippen LogP contribution in [0.4, 0.5) is 0 Å². The molecule has 0 aliphatic carbocycles. The Morgan fingerprint density at radius 2 is 2.12 bits per heavy atom. The zero-order valence-electron chi connectivity index (χ0n) is 13.9. The van der Waals surface area contributed by atoms with Gasteiger partial charge in [0.1, 0.15) is 11.6 Å². The van der Waals surface area contributed by atoms with Gasteiger partial charge in [-0.25, -0.2) is 9.97 Å². The Labute approximate surface area is 152 Å². The number of hydrogen-bond acceptors (Lipinski definition) is 7. The minimum absolute atomic E-state index is 0.134. The molecule has 0 atom stereocenters. The third-order valence-corrected chi connectivity index (χ3v) is 5.26. The van der Waals surface area contributed by atoms with Gasteiger partial charge in [0.2, 0.25) is 0 Å². The molecule has 3 rings (SSSR count). The monoisotopic (exact) mass is 375 g/mol. The summed E-state index contributed by atoms with van der Waals surface area (Å²) in [7, 11) is 0. The molecule has 2 heterocycles. The molecule has 0 saturated heterocycles. The fourth-order valence-corrected chi connectivity index (χ4v) is 3.70. The van der Waals surface area contributed by atoms with Crippen molar-refractivity contribution in [2.45, 2.75) is 31.5 Å². The Balaban J connectivity index is 1.57. The molecule has 0 saturated carbocycles. The zero-order valence-corrected chi connectivity index (χ0v) is 15.5. The number of H-pyrrole nitrogens is 1. The molecule has 8 heteroatoms. The number of ether oxygens (including phenoxy) is 1. The number of carbonyl (C=O) groups excluding carboxylic acids is 1. The number of benzene rings is 1. The van der Waals surface area contributed by atoms with E-state index in [1.807, 2.05) is 30.5 Å². The highest BCUT2D eigenvalue weighted by Gasteiger charge is 2.12. The van der Waals surface area contributed by atoms with Crippen LogP contribution in [0.1, 0.15) is 22.7 Å². The lowest BCUT2D eigenvalue weighted by molar-refractivity contribution is -0.144. The first-order valence-corrected chi connectivity index (χ1v) is 9.75. The largest absolute Gasteiger partial charge is 0.458 e. The number of hydrogen-bond donors (Lipinski definition) is 1. The Bertz CT molecular complexity index is 932. The van der Waals surface area contributed by atoms with Gasteiger partial charge in [0, 0.05) is 17.7 Å². The molecule has 130 valence electrons. The summed E-state index contributed by atoms with van der Waals surface area (Å²) in [5.41, 5.74) is 1.87. The maximum Gasteiger partial charge on any atom is 0.306 e. The SMILES string of the molecule is CSc1nc(C)c(CCC(=O)OCc2nc3ccccc3s2)c(=O)[nH]1. The molecule has 1 N–H and O–H groups in total. The number of rotatable bonds is 6. The van der Waals surface area contributed by atoms with Crippen LogP contribution in [0.2, 0.25) is 0 Å². The summed E-state index contributed by atoms with van der Waals surface area (Å²) in [6.07, 6.45) is 2.29. The highest BCUT2D eigenvalue weighted by atomic mass is 32.2. The number of aromatic nitrogens is 3. The number of aromatic amines is 1. The van der Waals surface area contributed by atoms with Crippen LogP contribution in [0.25, 0.3) is 10.2 Å². The van der Waals surface area contributed by atoms with Crippen LogP contribution < -0.4 is 5.56 Å². The Morgan fingerprint density at radius 1 is 1.32 bits per heavy atom. The van der Waals surface area contributed by atoms with Gasteiger partial charge in [-0.3, -0.25) is 9.59 Å². The van der Waals surface area contributed by atoms with Crippen LogP contribution in [0.15, 0.2) is 34.2 Å². The summed E-state index contributed by atoms with van der Waals surface area (Å²) in [4.78, 5) is 35.4. The van der Waals surface area contributed by atoms with Gasteiger partial charge in [-0.05, 0) is 31.7 Å². The zero-order chi connectivity index (χ0) is 17.8. The van der Waals surface area contributed by atoms with E-state index in [-0.39, 0.29) is 24.6 Å². The highest BCUT2D eigenvalue weighted by Crippen LogP contribution is 2.22. The van der Waals surface area contributed by atoms with Gasteiger partial charge in [-0.2, -0.15) is 0 Å². The Morgan fingerprint density at radius 3 is 2.84 bits per heavy atom. The lowest BCUT2D eigenvalue weighted by Crippen LogP contribution is -2.18. The second-order valence-electron chi connectivity index (χ2n) is 5.38. The first-order valence-electron chi connectivity index (χ1n) is 7.70. The molecule has 0 amide bonds. The minimum Gasteiger partial charge on any atom is -0.458 e. The van der Waals surface area contributed by atoms with Gasteiger partial charge in [0.05, 0.1) is 10.2 Å². The lowest BCUT2D eigenvalue weighted by Gasteiger charge is -2.06. The van der Waals surface area contributed by atoms with Crippen molar-refractivity contribution in [1.29, 1.82) is 0 Å². The van der Waals surface area contributed by atoms with Gasteiger partial charge in [0.25, 0.3) is 5.56 Å². The van der Waals surface area contributed by atoms with E-state index < -0.39 is 0 Å². The molecule has 0 unspecified atom stereocenters. The average molecular weight is 375 g/mol. The number of carbonyl (C=O) groups is 1. The number of para-hydroxylation sites is 1. The standard InChI is InChI=1S/C17H17N3O3S2/c1-10-11(16(22)20-17(18-10)24-2)7-8-15(21)23-9-14-19-12-5-3-4-6-13(12)25-14/h3-6H,7-9H2,1-2H3,(H,18,20,22). The van der Waals surface area contributed by atoms with Crippen LogP contribution in [-0.2, 0) is 22.6 Å². The van der Waals surface area contributed by atoms with E-state index in [1.165, 1.54) is 23.1 Å². The number of nitrogens with zero attached hydrogens (tertiary/aromatic N) is 2. The highest BCUT2D eigenvalue weighted by molar-refractivity contribution is 7.98. The van der Waals surface area contributed by atoms with Crippen molar-refractivity contribution < 1.29 is 9.53 Å². The summed E-state index contributed by atoms with van der Waals surface area (Å²) in [5.74, 6) is -0.355. The number of aryl methyl sites for hydroxylation is 1. The van der Waals surface area contributed by atoms with E-state index in [2.05, 4.69) is 15.0 Å². The quantitative estimate of drug-likeness (QED) is 0.405. The number of esters is 1. The van der Waals surface area contributed by atoms with Crippen molar-refractivity contribution in [3.05, 3.63) is 50.9 Å².